The zero-order valence-corrected chi connectivity index (χ0v) is 10.6. The number of H-pyrrole nitrogens is 1. The molecule has 0 fully saturated rings. The molecule has 0 spiro atoms. The third kappa shape index (κ3) is 1.78. The van der Waals surface area contributed by atoms with Crippen molar-refractivity contribution in [3.8, 4) is 22.8 Å². The number of imidazole rings is 1. The summed E-state index contributed by atoms with van der Waals surface area (Å²) in [5, 5.41) is 4.10. The minimum absolute atomic E-state index is 0.639. The van der Waals surface area contributed by atoms with E-state index in [1.165, 1.54) is 0 Å². The second-order valence-corrected chi connectivity index (χ2v) is 4.54. The number of benzene rings is 2. The topological polar surface area (TPSA) is 54.7 Å². The molecule has 0 saturated carbocycles. The average molecular weight is 261 g/mol. The van der Waals surface area contributed by atoms with Crippen LogP contribution in [0.3, 0.4) is 0 Å². The van der Waals surface area contributed by atoms with Crippen molar-refractivity contribution in [3.05, 3.63) is 60.7 Å². The number of fused-ring (bicyclic) bond motifs is 1. The van der Waals surface area contributed by atoms with E-state index in [2.05, 4.69) is 15.1 Å². The smallest absolute Gasteiger partial charge is 0.202 e. The van der Waals surface area contributed by atoms with Gasteiger partial charge in [0.15, 0.2) is 5.82 Å². The van der Waals surface area contributed by atoms with E-state index in [1.807, 2.05) is 60.7 Å². The van der Waals surface area contributed by atoms with E-state index in [0.717, 1.165) is 22.3 Å². The molecule has 4 heteroatoms. The lowest BCUT2D eigenvalue weighted by molar-refractivity contribution is 0.432. The van der Waals surface area contributed by atoms with E-state index in [-0.39, 0.29) is 0 Å². The molecule has 4 nitrogen and oxygen atoms in total. The van der Waals surface area contributed by atoms with Crippen molar-refractivity contribution in [2.24, 2.45) is 0 Å². The van der Waals surface area contributed by atoms with Crippen LogP contribution in [0.2, 0.25) is 0 Å². The van der Waals surface area contributed by atoms with Crippen LogP contribution in [0.25, 0.3) is 33.9 Å². The predicted molar refractivity (Wildman–Crippen MR) is 77.0 cm³/mol. The minimum atomic E-state index is 0.639. The Balaban J connectivity index is 1.78. The Morgan fingerprint density at radius 2 is 1.70 bits per heavy atom. The maximum atomic E-state index is 5.39. The van der Waals surface area contributed by atoms with Gasteiger partial charge in [-0.25, -0.2) is 4.98 Å². The van der Waals surface area contributed by atoms with Gasteiger partial charge in [0.25, 0.3) is 0 Å². The van der Waals surface area contributed by atoms with E-state index >= 15 is 0 Å². The van der Waals surface area contributed by atoms with Crippen LogP contribution in [0.5, 0.6) is 0 Å². The maximum absolute atomic E-state index is 5.39. The summed E-state index contributed by atoms with van der Waals surface area (Å²) < 4.78 is 5.39. The van der Waals surface area contributed by atoms with E-state index < -0.39 is 0 Å². The van der Waals surface area contributed by atoms with Crippen molar-refractivity contribution in [2.45, 2.75) is 0 Å². The van der Waals surface area contributed by atoms with Crippen molar-refractivity contribution in [2.75, 3.05) is 0 Å². The summed E-state index contributed by atoms with van der Waals surface area (Å²) in [6.07, 6.45) is 0. The van der Waals surface area contributed by atoms with Crippen LogP contribution in [-0.4, -0.2) is 15.1 Å². The van der Waals surface area contributed by atoms with Gasteiger partial charge in [-0.15, -0.1) is 0 Å². The summed E-state index contributed by atoms with van der Waals surface area (Å²) in [7, 11) is 0. The number of aromatic amines is 1. The first-order valence-corrected chi connectivity index (χ1v) is 6.37. The summed E-state index contributed by atoms with van der Waals surface area (Å²) >= 11 is 0. The number of para-hydroxylation sites is 2. The molecule has 0 saturated heterocycles. The number of hydrogen-bond donors (Lipinski definition) is 1. The van der Waals surface area contributed by atoms with E-state index in [1.54, 1.807) is 0 Å². The molecule has 4 rings (SSSR count). The summed E-state index contributed by atoms with van der Waals surface area (Å²) in [4.78, 5) is 7.73. The van der Waals surface area contributed by atoms with Gasteiger partial charge in [0, 0.05) is 11.6 Å². The summed E-state index contributed by atoms with van der Waals surface area (Å²) in [6.45, 7) is 0. The van der Waals surface area contributed by atoms with Gasteiger partial charge in [-0.1, -0.05) is 47.6 Å². The largest absolute Gasteiger partial charge is 0.352 e. The lowest BCUT2D eigenvalue weighted by Crippen LogP contribution is -1.75. The SMILES string of the molecule is c1ccc(-c2cc(-c3nc4ccccc4[nH]3)on2)cc1. The van der Waals surface area contributed by atoms with Gasteiger partial charge in [-0.05, 0) is 12.1 Å². The highest BCUT2D eigenvalue weighted by Gasteiger charge is 2.11. The molecule has 0 aliphatic rings. The van der Waals surface area contributed by atoms with Gasteiger partial charge in [-0.2, -0.15) is 0 Å². The molecule has 0 radical (unpaired) electrons. The van der Waals surface area contributed by atoms with Gasteiger partial charge >= 0.3 is 0 Å². The molecular weight excluding hydrogens is 250 g/mol. The fourth-order valence-corrected chi connectivity index (χ4v) is 2.20. The highest BCUT2D eigenvalue weighted by molar-refractivity contribution is 5.78. The molecule has 2 heterocycles. The average Bonchev–Trinajstić information content (AvgIpc) is 3.14. The summed E-state index contributed by atoms with van der Waals surface area (Å²) in [5.41, 5.74) is 3.74. The van der Waals surface area contributed by atoms with Gasteiger partial charge in [0.2, 0.25) is 5.76 Å². The van der Waals surface area contributed by atoms with Crippen LogP contribution in [0.4, 0.5) is 0 Å². The first-order chi connectivity index (χ1) is 9.90. The van der Waals surface area contributed by atoms with Crippen LogP contribution in [0, 0.1) is 0 Å². The number of nitrogens with one attached hydrogen (secondary N) is 1. The van der Waals surface area contributed by atoms with Crippen LogP contribution in [-0.2, 0) is 0 Å². The summed E-state index contributed by atoms with van der Waals surface area (Å²) in [6, 6.07) is 19.7. The third-order valence-electron chi connectivity index (χ3n) is 3.20. The standard InChI is InChI=1S/C16H11N3O/c1-2-6-11(7-3-1)14-10-15(20-19-14)16-17-12-8-4-5-9-13(12)18-16/h1-10H,(H,17,18). The Morgan fingerprint density at radius 1 is 0.900 bits per heavy atom. The molecular formula is C16H11N3O. The Morgan fingerprint density at radius 3 is 2.55 bits per heavy atom. The molecule has 2 aromatic carbocycles. The second-order valence-electron chi connectivity index (χ2n) is 4.54. The van der Waals surface area contributed by atoms with Crippen LogP contribution >= 0.6 is 0 Å². The quantitative estimate of drug-likeness (QED) is 0.595. The van der Waals surface area contributed by atoms with Crippen molar-refractivity contribution >= 4 is 11.0 Å². The van der Waals surface area contributed by atoms with Crippen molar-refractivity contribution in [1.29, 1.82) is 0 Å². The lowest BCUT2D eigenvalue weighted by Gasteiger charge is -1.91. The molecule has 0 unspecified atom stereocenters. The number of nitrogens with zero attached hydrogens (tertiary/aromatic N) is 2. The van der Waals surface area contributed by atoms with Crippen molar-refractivity contribution < 1.29 is 4.52 Å². The first kappa shape index (κ1) is 11.0. The zero-order valence-electron chi connectivity index (χ0n) is 10.6. The highest BCUT2D eigenvalue weighted by Crippen LogP contribution is 2.25. The number of hydrogen-bond acceptors (Lipinski definition) is 3. The summed E-state index contributed by atoms with van der Waals surface area (Å²) in [5.74, 6) is 1.33. The lowest BCUT2D eigenvalue weighted by atomic mass is 10.1. The minimum Gasteiger partial charge on any atom is -0.352 e. The van der Waals surface area contributed by atoms with Gasteiger partial charge in [0.05, 0.1) is 11.0 Å². The van der Waals surface area contributed by atoms with Gasteiger partial charge in [-0.3, -0.25) is 0 Å². The highest BCUT2D eigenvalue weighted by atomic mass is 16.5. The molecule has 0 aliphatic heterocycles. The second kappa shape index (κ2) is 4.35. The van der Waals surface area contributed by atoms with Gasteiger partial charge in [0.1, 0.15) is 5.69 Å². The molecule has 20 heavy (non-hydrogen) atoms. The fraction of sp³-hybridized carbons (Fsp3) is 0. The third-order valence-corrected chi connectivity index (χ3v) is 3.20. The van der Waals surface area contributed by atoms with Crippen LogP contribution in [0.15, 0.2) is 65.2 Å². The first-order valence-electron chi connectivity index (χ1n) is 6.37. The Hall–Kier alpha value is -2.88. The Bertz CT molecular complexity index is 828. The van der Waals surface area contributed by atoms with Crippen molar-refractivity contribution in [3.63, 3.8) is 0 Å². The Labute approximate surface area is 115 Å². The van der Waals surface area contributed by atoms with Crippen molar-refractivity contribution in [1.82, 2.24) is 15.1 Å². The molecule has 2 aromatic heterocycles. The Kier molecular flexibility index (Phi) is 2.39. The molecule has 0 atom stereocenters. The monoisotopic (exact) mass is 261 g/mol. The number of aromatic nitrogens is 3. The molecule has 0 bridgehead atoms. The van der Waals surface area contributed by atoms with E-state index in [4.69, 9.17) is 4.52 Å². The normalized spacial score (nSPS) is 11.0. The molecule has 0 amide bonds. The molecule has 96 valence electrons. The predicted octanol–water partition coefficient (Wildman–Crippen LogP) is 3.88. The van der Waals surface area contributed by atoms with Gasteiger partial charge < -0.3 is 9.51 Å². The fourth-order valence-electron chi connectivity index (χ4n) is 2.20. The number of rotatable bonds is 2. The van der Waals surface area contributed by atoms with E-state index in [0.29, 0.717) is 11.6 Å². The molecule has 0 aliphatic carbocycles. The maximum Gasteiger partial charge on any atom is 0.202 e. The van der Waals surface area contributed by atoms with Crippen LogP contribution < -0.4 is 0 Å². The van der Waals surface area contributed by atoms with E-state index in [9.17, 15) is 0 Å². The molecule has 1 N–H and O–H groups in total. The molecule has 4 aromatic rings. The zero-order chi connectivity index (χ0) is 13.4. The van der Waals surface area contributed by atoms with Crippen LogP contribution in [0.1, 0.15) is 0 Å².